The summed E-state index contributed by atoms with van der Waals surface area (Å²) in [6.45, 7) is 4.31. The highest BCUT2D eigenvalue weighted by molar-refractivity contribution is 4.79. The van der Waals surface area contributed by atoms with Crippen molar-refractivity contribution in [2.24, 2.45) is 0 Å². The molecule has 0 radical (unpaired) electrons. The fraction of sp³-hybridized carbons (Fsp3) is 1.00. The lowest BCUT2D eigenvalue weighted by Gasteiger charge is -2.33. The van der Waals surface area contributed by atoms with E-state index < -0.39 is 0 Å². The molecule has 0 aromatic carbocycles. The summed E-state index contributed by atoms with van der Waals surface area (Å²) in [5.74, 6) is 0. The van der Waals surface area contributed by atoms with Gasteiger partial charge in [0.25, 0.3) is 0 Å². The van der Waals surface area contributed by atoms with E-state index in [4.69, 9.17) is 0 Å². The largest absolute Gasteiger partial charge is 0.253 e. The molecule has 0 spiro atoms. The molecule has 2 unspecified atom stereocenters. The Balaban J connectivity index is 2.20. The first kappa shape index (κ1) is 4.09. The molecular weight excluding hydrogens is 76.1 g/mol. The van der Waals surface area contributed by atoms with Crippen LogP contribution >= 0.6 is 0 Å². The van der Waals surface area contributed by atoms with Gasteiger partial charge < -0.3 is 0 Å². The third-order valence-corrected chi connectivity index (χ3v) is 1.29. The standard InChI is InChI=1S/C4H10N2/c1-3-4(2)6-5-3/h3-6H,1-2H3. The van der Waals surface area contributed by atoms with Gasteiger partial charge in [0.05, 0.1) is 0 Å². The summed E-state index contributed by atoms with van der Waals surface area (Å²) in [5, 5.41) is 0. The van der Waals surface area contributed by atoms with Crippen LogP contribution in [0.1, 0.15) is 13.8 Å². The molecule has 1 fully saturated rings. The second kappa shape index (κ2) is 1.21. The van der Waals surface area contributed by atoms with Crippen LogP contribution in [-0.4, -0.2) is 12.1 Å². The predicted molar refractivity (Wildman–Crippen MR) is 25.2 cm³/mol. The minimum Gasteiger partial charge on any atom is -0.253 e. The second-order valence-corrected chi connectivity index (χ2v) is 1.87. The fourth-order valence-electron chi connectivity index (χ4n) is 0.417. The summed E-state index contributed by atoms with van der Waals surface area (Å²) in [7, 11) is 0. The molecule has 36 valence electrons. The normalized spacial score (nSPS) is 45.0. The van der Waals surface area contributed by atoms with Gasteiger partial charge >= 0.3 is 0 Å². The average molecular weight is 86.1 g/mol. The zero-order chi connectivity index (χ0) is 4.57. The van der Waals surface area contributed by atoms with Crippen molar-refractivity contribution in [3.05, 3.63) is 0 Å². The van der Waals surface area contributed by atoms with E-state index in [2.05, 4.69) is 24.7 Å². The summed E-state index contributed by atoms with van der Waals surface area (Å²) >= 11 is 0. The topological polar surface area (TPSA) is 24.1 Å². The van der Waals surface area contributed by atoms with Crippen LogP contribution in [0.4, 0.5) is 0 Å². The summed E-state index contributed by atoms with van der Waals surface area (Å²) in [5.41, 5.74) is 6.02. The Bertz CT molecular complexity index is 45.5. The Kier molecular flexibility index (Phi) is 0.821. The van der Waals surface area contributed by atoms with Gasteiger partial charge in [-0.25, -0.2) is 0 Å². The molecule has 0 aliphatic carbocycles. The minimum atomic E-state index is 0.671. The van der Waals surface area contributed by atoms with Crippen LogP contribution in [0.5, 0.6) is 0 Å². The third kappa shape index (κ3) is 0.420. The van der Waals surface area contributed by atoms with E-state index in [0.717, 1.165) is 0 Å². The van der Waals surface area contributed by atoms with Crippen LogP contribution in [0.25, 0.3) is 0 Å². The Morgan fingerprint density at radius 2 is 1.33 bits per heavy atom. The molecule has 2 nitrogen and oxygen atoms in total. The molecule has 0 amide bonds. The minimum absolute atomic E-state index is 0.671. The van der Waals surface area contributed by atoms with E-state index in [9.17, 15) is 0 Å². The quantitative estimate of drug-likeness (QED) is 0.429. The number of nitrogens with one attached hydrogen (secondary N) is 2. The lowest BCUT2D eigenvalue weighted by Crippen LogP contribution is -2.64. The predicted octanol–water partition coefficient (Wildman–Crippen LogP) is -0.129. The molecule has 0 bridgehead atoms. The SMILES string of the molecule is CC1NNC1C. The van der Waals surface area contributed by atoms with Gasteiger partial charge in [-0.1, -0.05) is 0 Å². The van der Waals surface area contributed by atoms with E-state index >= 15 is 0 Å². The van der Waals surface area contributed by atoms with Crippen LogP contribution < -0.4 is 10.9 Å². The summed E-state index contributed by atoms with van der Waals surface area (Å²) < 4.78 is 0. The first-order valence-corrected chi connectivity index (χ1v) is 2.32. The molecular formula is C4H10N2. The van der Waals surface area contributed by atoms with Crippen molar-refractivity contribution >= 4 is 0 Å². The molecule has 2 N–H and O–H groups in total. The Hall–Kier alpha value is -0.0800. The molecule has 6 heavy (non-hydrogen) atoms. The fourth-order valence-corrected chi connectivity index (χ4v) is 0.417. The maximum atomic E-state index is 3.01. The van der Waals surface area contributed by atoms with E-state index in [1.54, 1.807) is 0 Å². The number of hydrogen-bond acceptors (Lipinski definition) is 2. The molecule has 1 saturated heterocycles. The first-order chi connectivity index (χ1) is 2.80. The Labute approximate surface area is 37.9 Å². The van der Waals surface area contributed by atoms with Crippen molar-refractivity contribution < 1.29 is 0 Å². The van der Waals surface area contributed by atoms with Gasteiger partial charge in [0.2, 0.25) is 0 Å². The van der Waals surface area contributed by atoms with Crippen molar-refractivity contribution in [2.45, 2.75) is 25.9 Å². The van der Waals surface area contributed by atoms with Gasteiger partial charge in [-0.05, 0) is 13.8 Å². The first-order valence-electron chi connectivity index (χ1n) is 2.32. The molecule has 1 aliphatic rings. The molecule has 1 heterocycles. The highest BCUT2D eigenvalue weighted by Gasteiger charge is 2.18. The molecule has 0 aromatic heterocycles. The maximum absolute atomic E-state index is 3.01. The Morgan fingerprint density at radius 1 is 1.00 bits per heavy atom. The van der Waals surface area contributed by atoms with Gasteiger partial charge in [-0.3, -0.25) is 10.9 Å². The van der Waals surface area contributed by atoms with Crippen LogP contribution in [0.15, 0.2) is 0 Å². The lowest BCUT2D eigenvalue weighted by atomic mass is 10.1. The number of hydrazine groups is 1. The van der Waals surface area contributed by atoms with Crippen LogP contribution in [0, 0.1) is 0 Å². The highest BCUT2D eigenvalue weighted by atomic mass is 15.5. The summed E-state index contributed by atoms with van der Waals surface area (Å²) in [4.78, 5) is 0. The van der Waals surface area contributed by atoms with Crippen LogP contribution in [0.3, 0.4) is 0 Å². The van der Waals surface area contributed by atoms with Crippen LogP contribution in [-0.2, 0) is 0 Å². The van der Waals surface area contributed by atoms with E-state index in [1.807, 2.05) is 0 Å². The van der Waals surface area contributed by atoms with Crippen molar-refractivity contribution in [3.63, 3.8) is 0 Å². The average Bonchev–Trinajstić information content (AvgIpc) is 1.61. The third-order valence-electron chi connectivity index (χ3n) is 1.29. The molecule has 0 saturated carbocycles. The zero-order valence-electron chi connectivity index (χ0n) is 4.15. The van der Waals surface area contributed by atoms with E-state index in [1.165, 1.54) is 0 Å². The molecule has 0 aromatic rings. The van der Waals surface area contributed by atoms with Crippen molar-refractivity contribution in [3.8, 4) is 0 Å². The lowest BCUT2D eigenvalue weighted by molar-refractivity contribution is 0.231. The smallest absolute Gasteiger partial charge is 0.0349 e. The van der Waals surface area contributed by atoms with Gasteiger partial charge in [-0.15, -0.1) is 0 Å². The molecule has 2 atom stereocenters. The number of hydrogen-bond donors (Lipinski definition) is 2. The molecule has 2 heteroatoms. The van der Waals surface area contributed by atoms with Crippen molar-refractivity contribution in [1.82, 2.24) is 10.9 Å². The van der Waals surface area contributed by atoms with E-state index in [-0.39, 0.29) is 0 Å². The zero-order valence-corrected chi connectivity index (χ0v) is 4.15. The van der Waals surface area contributed by atoms with Gasteiger partial charge in [0, 0.05) is 12.1 Å². The molecule has 1 aliphatic heterocycles. The van der Waals surface area contributed by atoms with Crippen molar-refractivity contribution in [2.75, 3.05) is 0 Å². The highest BCUT2D eigenvalue weighted by Crippen LogP contribution is 1.95. The second-order valence-electron chi connectivity index (χ2n) is 1.87. The Morgan fingerprint density at radius 3 is 1.33 bits per heavy atom. The van der Waals surface area contributed by atoms with Gasteiger partial charge in [0.1, 0.15) is 0 Å². The molecule has 1 rings (SSSR count). The van der Waals surface area contributed by atoms with Crippen LogP contribution in [0.2, 0.25) is 0 Å². The van der Waals surface area contributed by atoms with Crippen molar-refractivity contribution in [1.29, 1.82) is 0 Å². The van der Waals surface area contributed by atoms with Gasteiger partial charge in [0.15, 0.2) is 0 Å². The van der Waals surface area contributed by atoms with Gasteiger partial charge in [-0.2, -0.15) is 0 Å². The summed E-state index contributed by atoms with van der Waals surface area (Å²) in [6, 6.07) is 1.34. The summed E-state index contributed by atoms with van der Waals surface area (Å²) in [6.07, 6.45) is 0. The number of rotatable bonds is 0. The maximum Gasteiger partial charge on any atom is 0.0349 e. The van der Waals surface area contributed by atoms with E-state index in [0.29, 0.717) is 12.1 Å². The monoisotopic (exact) mass is 86.1 g/mol.